The minimum absolute atomic E-state index is 0.0696. The molecule has 2 aromatic heterocycles. The summed E-state index contributed by atoms with van der Waals surface area (Å²) in [5.41, 5.74) is 1.45. The van der Waals surface area contributed by atoms with Crippen molar-refractivity contribution in [1.29, 1.82) is 0 Å². The van der Waals surface area contributed by atoms with Gasteiger partial charge in [-0.05, 0) is 32.0 Å². The average molecular weight is 315 g/mol. The van der Waals surface area contributed by atoms with Gasteiger partial charge in [0.2, 0.25) is 0 Å². The van der Waals surface area contributed by atoms with Crippen LogP contribution >= 0.6 is 0 Å². The van der Waals surface area contributed by atoms with Gasteiger partial charge in [0.05, 0.1) is 12.2 Å². The van der Waals surface area contributed by atoms with E-state index in [2.05, 4.69) is 15.0 Å². The van der Waals surface area contributed by atoms with Crippen LogP contribution in [0.4, 0.5) is 0 Å². The first kappa shape index (κ1) is 14.4. The van der Waals surface area contributed by atoms with Crippen LogP contribution in [0.5, 0.6) is 0 Å². The predicted octanol–water partition coefficient (Wildman–Crippen LogP) is 1.24. The Morgan fingerprint density at radius 3 is 2.96 bits per heavy atom. The molecular weight excluding hydrogens is 294 g/mol. The molecule has 1 atom stereocenters. The lowest BCUT2D eigenvalue weighted by Gasteiger charge is -2.26. The molecule has 0 aliphatic carbocycles. The molecule has 23 heavy (non-hydrogen) atoms. The van der Waals surface area contributed by atoms with Crippen LogP contribution in [-0.2, 0) is 13.1 Å². The van der Waals surface area contributed by atoms with Gasteiger partial charge in [0.15, 0.2) is 12.1 Å². The second-order valence-corrected chi connectivity index (χ2v) is 6.44. The summed E-state index contributed by atoms with van der Waals surface area (Å²) in [6, 6.07) is 1.99. The number of fused-ring (bicyclic) bond motifs is 1. The van der Waals surface area contributed by atoms with Gasteiger partial charge >= 0.3 is 0 Å². The zero-order valence-corrected chi connectivity index (χ0v) is 13.1. The van der Waals surface area contributed by atoms with E-state index in [-0.39, 0.29) is 5.91 Å². The molecule has 7 heteroatoms. The molecule has 2 aromatic rings. The zero-order chi connectivity index (χ0) is 15.6. The van der Waals surface area contributed by atoms with Crippen LogP contribution < -0.4 is 0 Å². The lowest BCUT2D eigenvalue weighted by Crippen LogP contribution is -2.38. The van der Waals surface area contributed by atoms with Gasteiger partial charge in [-0.1, -0.05) is 0 Å². The molecule has 2 aliphatic heterocycles. The minimum Gasteiger partial charge on any atom is -0.451 e. The van der Waals surface area contributed by atoms with Crippen LogP contribution in [0.2, 0.25) is 0 Å². The molecule has 4 heterocycles. The van der Waals surface area contributed by atoms with Gasteiger partial charge in [0.1, 0.15) is 6.26 Å². The van der Waals surface area contributed by atoms with E-state index in [0.717, 1.165) is 25.3 Å². The van der Waals surface area contributed by atoms with E-state index in [4.69, 9.17) is 4.42 Å². The molecule has 0 radical (unpaired) electrons. The zero-order valence-electron chi connectivity index (χ0n) is 13.1. The SMILES string of the molecule is O=C(c1cocn1)N1Cc2ccnn2C[C@@H](CN2CCCC2)C1. The maximum absolute atomic E-state index is 12.7. The van der Waals surface area contributed by atoms with E-state index in [1.807, 2.05) is 21.8 Å². The third-order valence-corrected chi connectivity index (χ3v) is 4.72. The molecule has 1 saturated heterocycles. The summed E-state index contributed by atoms with van der Waals surface area (Å²) >= 11 is 0. The van der Waals surface area contributed by atoms with Crippen LogP contribution in [0.15, 0.2) is 29.3 Å². The smallest absolute Gasteiger partial charge is 0.276 e. The summed E-state index contributed by atoms with van der Waals surface area (Å²) in [5.74, 6) is 0.310. The number of nitrogens with zero attached hydrogens (tertiary/aromatic N) is 5. The van der Waals surface area contributed by atoms with Gasteiger partial charge in [-0.3, -0.25) is 9.48 Å². The van der Waals surface area contributed by atoms with Crippen molar-refractivity contribution in [2.75, 3.05) is 26.2 Å². The van der Waals surface area contributed by atoms with Crippen molar-refractivity contribution >= 4 is 5.91 Å². The number of likely N-dealkylation sites (tertiary alicyclic amines) is 1. The molecule has 0 unspecified atom stereocenters. The number of hydrogen-bond donors (Lipinski definition) is 0. The predicted molar refractivity (Wildman–Crippen MR) is 82.6 cm³/mol. The van der Waals surface area contributed by atoms with Gasteiger partial charge in [-0.25, -0.2) is 4.98 Å². The third kappa shape index (κ3) is 3.01. The molecule has 7 nitrogen and oxygen atoms in total. The maximum atomic E-state index is 12.7. The van der Waals surface area contributed by atoms with Gasteiger partial charge in [0.25, 0.3) is 5.91 Å². The fraction of sp³-hybridized carbons (Fsp3) is 0.562. The van der Waals surface area contributed by atoms with Gasteiger partial charge in [0, 0.05) is 31.7 Å². The second-order valence-electron chi connectivity index (χ2n) is 6.44. The van der Waals surface area contributed by atoms with E-state index >= 15 is 0 Å². The van der Waals surface area contributed by atoms with Crippen molar-refractivity contribution in [2.24, 2.45) is 5.92 Å². The minimum atomic E-state index is -0.0696. The lowest BCUT2D eigenvalue weighted by molar-refractivity contribution is 0.0702. The summed E-state index contributed by atoms with van der Waals surface area (Å²) in [7, 11) is 0. The standard InChI is InChI=1S/C16H21N5O2/c22-16(15-11-23-12-17-15)20-8-13(7-19-5-1-2-6-19)9-21-14(10-20)3-4-18-21/h3-4,11-13H,1-2,5-10H2/t13-/m0/s1. The summed E-state index contributed by atoms with van der Waals surface area (Å²) in [4.78, 5) is 21.1. The Morgan fingerprint density at radius 1 is 1.30 bits per heavy atom. The topological polar surface area (TPSA) is 67.4 Å². The van der Waals surface area contributed by atoms with E-state index in [9.17, 15) is 4.79 Å². The summed E-state index contributed by atoms with van der Waals surface area (Å²) in [6.07, 6.45) is 7.09. The third-order valence-electron chi connectivity index (χ3n) is 4.72. The van der Waals surface area contributed by atoms with Crippen molar-refractivity contribution in [1.82, 2.24) is 24.6 Å². The molecule has 1 fully saturated rings. The average Bonchev–Trinajstić information content (AvgIpc) is 3.28. The van der Waals surface area contributed by atoms with Crippen molar-refractivity contribution < 1.29 is 9.21 Å². The van der Waals surface area contributed by atoms with Crippen LogP contribution in [0.1, 0.15) is 29.0 Å². The van der Waals surface area contributed by atoms with E-state index in [0.29, 0.717) is 18.2 Å². The van der Waals surface area contributed by atoms with Crippen molar-refractivity contribution in [3.05, 3.63) is 36.3 Å². The number of carbonyl (C=O) groups excluding carboxylic acids is 1. The van der Waals surface area contributed by atoms with Crippen LogP contribution in [0.25, 0.3) is 0 Å². The maximum Gasteiger partial charge on any atom is 0.276 e. The highest BCUT2D eigenvalue weighted by Crippen LogP contribution is 2.20. The van der Waals surface area contributed by atoms with Crippen molar-refractivity contribution in [2.45, 2.75) is 25.9 Å². The monoisotopic (exact) mass is 315 g/mol. The second kappa shape index (κ2) is 6.16. The molecule has 2 aliphatic rings. The highest BCUT2D eigenvalue weighted by atomic mass is 16.3. The molecule has 4 rings (SSSR count). The fourth-order valence-electron chi connectivity index (χ4n) is 3.61. The number of hydrogen-bond acceptors (Lipinski definition) is 5. The normalized spacial score (nSPS) is 22.1. The molecule has 1 amide bonds. The Bertz CT molecular complexity index is 660. The highest BCUT2D eigenvalue weighted by Gasteiger charge is 2.29. The van der Waals surface area contributed by atoms with E-state index in [1.165, 1.54) is 38.6 Å². The molecule has 0 saturated carbocycles. The van der Waals surface area contributed by atoms with Gasteiger partial charge < -0.3 is 14.2 Å². The van der Waals surface area contributed by atoms with Crippen molar-refractivity contribution in [3.63, 3.8) is 0 Å². The Balaban J connectivity index is 1.55. The Hall–Kier alpha value is -2.15. The Labute approximate surface area is 134 Å². The number of carbonyl (C=O) groups is 1. The summed E-state index contributed by atoms with van der Waals surface area (Å²) in [5, 5.41) is 4.42. The number of oxazole rings is 1. The van der Waals surface area contributed by atoms with Crippen LogP contribution in [0.3, 0.4) is 0 Å². The highest BCUT2D eigenvalue weighted by molar-refractivity contribution is 5.91. The summed E-state index contributed by atoms with van der Waals surface area (Å²) in [6.45, 7) is 5.51. The molecule has 0 spiro atoms. The quantitative estimate of drug-likeness (QED) is 0.852. The fourth-order valence-corrected chi connectivity index (χ4v) is 3.61. The number of amides is 1. The first-order valence-corrected chi connectivity index (χ1v) is 8.20. The molecule has 0 aromatic carbocycles. The first-order chi connectivity index (χ1) is 11.3. The molecule has 0 bridgehead atoms. The van der Waals surface area contributed by atoms with Gasteiger partial charge in [-0.15, -0.1) is 0 Å². The van der Waals surface area contributed by atoms with Crippen molar-refractivity contribution in [3.8, 4) is 0 Å². The Morgan fingerprint density at radius 2 is 2.17 bits per heavy atom. The van der Waals surface area contributed by atoms with Crippen LogP contribution in [-0.4, -0.2) is 56.7 Å². The van der Waals surface area contributed by atoms with E-state index < -0.39 is 0 Å². The molecular formula is C16H21N5O2. The van der Waals surface area contributed by atoms with E-state index in [1.54, 1.807) is 0 Å². The number of rotatable bonds is 3. The lowest BCUT2D eigenvalue weighted by atomic mass is 10.1. The van der Waals surface area contributed by atoms with Gasteiger partial charge in [-0.2, -0.15) is 5.10 Å². The Kier molecular flexibility index (Phi) is 3.87. The first-order valence-electron chi connectivity index (χ1n) is 8.20. The largest absolute Gasteiger partial charge is 0.451 e. The van der Waals surface area contributed by atoms with Crippen LogP contribution in [0, 0.1) is 5.92 Å². The molecule has 0 N–H and O–H groups in total. The number of aromatic nitrogens is 3. The molecule has 122 valence electrons. The summed E-state index contributed by atoms with van der Waals surface area (Å²) < 4.78 is 7.00.